The molecule has 0 aliphatic rings. The molecule has 0 aliphatic heterocycles. The molecule has 2 amide bonds. The minimum Gasteiger partial charge on any atom is -0.321 e. The molecule has 0 saturated heterocycles. The number of aryl methyl sites for hydroxylation is 1. The average molecular weight is 648 g/mol. The lowest BCUT2D eigenvalue weighted by Crippen LogP contribution is -2.59. The van der Waals surface area contributed by atoms with E-state index in [0.717, 1.165) is 30.3 Å². The second-order valence-electron chi connectivity index (χ2n) is 9.32. The highest BCUT2D eigenvalue weighted by atomic mass is 19.4. The summed E-state index contributed by atoms with van der Waals surface area (Å²) in [6, 6.07) is 12.3. The first kappa shape index (κ1) is 34.4. The molecule has 3 rings (SSSR count). The van der Waals surface area contributed by atoms with Gasteiger partial charge in [-0.05, 0) is 61.0 Å². The van der Waals surface area contributed by atoms with Crippen LogP contribution in [0.4, 0.5) is 50.9 Å². The van der Waals surface area contributed by atoms with Gasteiger partial charge in [0, 0.05) is 16.7 Å². The van der Waals surface area contributed by atoms with Crippen molar-refractivity contribution in [2.75, 3.05) is 10.6 Å². The number of carbonyl (C=O) groups is 2. The topological polar surface area (TPSA) is 153 Å². The van der Waals surface area contributed by atoms with Crippen molar-refractivity contribution in [2.24, 2.45) is 0 Å². The number of rotatable bonds is 6. The van der Waals surface area contributed by atoms with Crippen molar-refractivity contribution < 1.29 is 49.1 Å². The minimum atomic E-state index is -7.08. The number of alkyl halides is 9. The van der Waals surface area contributed by atoms with Crippen LogP contribution in [0.25, 0.3) is 0 Å². The van der Waals surface area contributed by atoms with Crippen LogP contribution in [0.3, 0.4) is 0 Å². The highest BCUT2D eigenvalue weighted by Crippen LogP contribution is 2.58. The Bertz CT molecular complexity index is 1890. The zero-order valence-corrected chi connectivity index (χ0v) is 22.6. The van der Waals surface area contributed by atoms with Gasteiger partial charge in [0.05, 0.1) is 39.7 Å². The van der Waals surface area contributed by atoms with Crippen molar-refractivity contribution in [3.63, 3.8) is 0 Å². The van der Waals surface area contributed by atoms with Gasteiger partial charge in [0.25, 0.3) is 11.8 Å². The van der Waals surface area contributed by atoms with Crippen molar-refractivity contribution >= 4 is 23.2 Å². The van der Waals surface area contributed by atoms with E-state index >= 15 is 4.39 Å². The molecule has 0 aromatic heterocycles. The van der Waals surface area contributed by atoms with Gasteiger partial charge >= 0.3 is 23.9 Å². The molecule has 8 nitrogen and oxygen atoms in total. The van der Waals surface area contributed by atoms with Crippen LogP contribution >= 0.6 is 0 Å². The maximum absolute atomic E-state index is 15.0. The number of hydrogen-bond acceptors (Lipinski definition) is 6. The van der Waals surface area contributed by atoms with E-state index in [1.54, 1.807) is 6.07 Å². The fourth-order valence-electron chi connectivity index (χ4n) is 4.12. The summed E-state index contributed by atoms with van der Waals surface area (Å²) in [4.78, 5) is 25.9. The van der Waals surface area contributed by atoms with Gasteiger partial charge in [0.2, 0.25) is 0 Å². The molecule has 0 heterocycles. The first-order valence-corrected chi connectivity index (χ1v) is 12.1. The molecule has 0 spiro atoms. The Kier molecular flexibility index (Phi) is 9.08. The minimum absolute atomic E-state index is 0.0778. The van der Waals surface area contributed by atoms with Gasteiger partial charge < -0.3 is 10.6 Å². The molecule has 0 aliphatic carbocycles. The molecule has 1 atom stereocenters. The molecular formula is C29H13F9N6O2. The molecule has 17 heteroatoms. The van der Waals surface area contributed by atoms with Crippen LogP contribution in [0.2, 0.25) is 0 Å². The third kappa shape index (κ3) is 5.99. The van der Waals surface area contributed by atoms with E-state index in [1.165, 1.54) is 25.1 Å². The summed E-state index contributed by atoms with van der Waals surface area (Å²) in [6.07, 6.45) is -14.0. The number of halogens is 9. The lowest BCUT2D eigenvalue weighted by molar-refractivity contribution is -0.389. The van der Waals surface area contributed by atoms with Crippen LogP contribution in [0, 0.1) is 52.2 Å². The van der Waals surface area contributed by atoms with Crippen LogP contribution in [0.5, 0.6) is 0 Å². The van der Waals surface area contributed by atoms with E-state index in [2.05, 4.69) is 5.32 Å². The molecule has 2 N–H and O–H groups in total. The maximum Gasteiger partial charge on any atom is 0.457 e. The number of benzene rings is 3. The van der Waals surface area contributed by atoms with E-state index in [4.69, 9.17) is 5.26 Å². The van der Waals surface area contributed by atoms with Crippen LogP contribution in [0.1, 0.15) is 54.1 Å². The molecule has 0 radical (unpaired) electrons. The third-order valence-corrected chi connectivity index (χ3v) is 6.45. The Morgan fingerprint density at radius 3 is 1.67 bits per heavy atom. The number of anilines is 2. The van der Waals surface area contributed by atoms with Crippen LogP contribution < -0.4 is 10.6 Å². The number of amides is 2. The average Bonchev–Trinajstić information content (AvgIpc) is 2.98. The predicted molar refractivity (Wildman–Crippen MR) is 139 cm³/mol. The van der Waals surface area contributed by atoms with E-state index in [1.807, 2.05) is 11.4 Å². The monoisotopic (exact) mass is 648 g/mol. The molecule has 46 heavy (non-hydrogen) atoms. The summed E-state index contributed by atoms with van der Waals surface area (Å²) in [5.41, 5.74) is -12.6. The van der Waals surface area contributed by atoms with Crippen LogP contribution in [-0.2, 0) is 5.67 Å². The summed E-state index contributed by atoms with van der Waals surface area (Å²) in [5.74, 6) is -9.12. The van der Waals surface area contributed by atoms with Gasteiger partial charge in [0.15, 0.2) is 0 Å². The van der Waals surface area contributed by atoms with Crippen molar-refractivity contribution in [2.45, 2.75) is 30.9 Å². The number of nitriles is 4. The number of carbonyl (C=O) groups excluding carboxylic acids is 2. The summed E-state index contributed by atoms with van der Waals surface area (Å²) in [6.45, 7) is 1.52. The highest BCUT2D eigenvalue weighted by molar-refractivity contribution is 6.09. The first-order chi connectivity index (χ1) is 21.3. The molecule has 0 saturated carbocycles. The van der Waals surface area contributed by atoms with Gasteiger partial charge in [-0.25, -0.2) is 4.39 Å². The molecule has 3 aromatic rings. The summed E-state index contributed by atoms with van der Waals surface area (Å²) < 4.78 is 122. The van der Waals surface area contributed by atoms with Gasteiger partial charge in [-0.1, -0.05) is 0 Å². The van der Waals surface area contributed by atoms with Crippen molar-refractivity contribution in [3.05, 3.63) is 93.0 Å². The van der Waals surface area contributed by atoms with Crippen LogP contribution in [0.15, 0.2) is 48.5 Å². The molecule has 0 bridgehead atoms. The Morgan fingerprint density at radius 2 is 1.22 bits per heavy atom. The van der Waals surface area contributed by atoms with Gasteiger partial charge in [-0.15, -0.1) is 0 Å². The normalized spacial score (nSPS) is 12.8. The summed E-state index contributed by atoms with van der Waals surface area (Å²) in [7, 11) is 0. The number of hydrogen-bond donors (Lipinski definition) is 2. The van der Waals surface area contributed by atoms with E-state index in [-0.39, 0.29) is 34.5 Å². The maximum atomic E-state index is 15.0. The van der Waals surface area contributed by atoms with Gasteiger partial charge in [0.1, 0.15) is 18.2 Å². The molecule has 234 valence electrons. The van der Waals surface area contributed by atoms with E-state index in [0.29, 0.717) is 5.56 Å². The fourth-order valence-corrected chi connectivity index (χ4v) is 4.12. The molecule has 3 aromatic carbocycles. The zero-order chi connectivity index (χ0) is 34.8. The third-order valence-electron chi connectivity index (χ3n) is 6.45. The van der Waals surface area contributed by atoms with Gasteiger partial charge in [-0.2, -0.15) is 56.2 Å². The molecular weight excluding hydrogens is 635 g/mol. The Hall–Kier alpha value is -6.07. The largest absolute Gasteiger partial charge is 0.457 e. The molecule has 1 unspecified atom stereocenters. The second-order valence-corrected chi connectivity index (χ2v) is 9.32. The molecule has 0 fully saturated rings. The van der Waals surface area contributed by atoms with Crippen molar-refractivity contribution in [1.82, 2.24) is 0 Å². The Labute approximate surface area is 252 Å². The quantitative estimate of drug-likeness (QED) is 0.277. The van der Waals surface area contributed by atoms with E-state index in [9.17, 15) is 60.5 Å². The predicted octanol–water partition coefficient (Wildman–Crippen LogP) is 6.91. The van der Waals surface area contributed by atoms with Crippen LogP contribution in [-0.4, -0.2) is 30.1 Å². The Balaban J connectivity index is 2.07. The fraction of sp³-hybridized carbons (Fsp3) is 0.172. The van der Waals surface area contributed by atoms with E-state index < -0.39 is 63.7 Å². The summed E-state index contributed by atoms with van der Waals surface area (Å²) >= 11 is 0. The van der Waals surface area contributed by atoms with Gasteiger partial charge in [-0.3, -0.25) is 9.59 Å². The smallest absolute Gasteiger partial charge is 0.321 e. The second kappa shape index (κ2) is 12.1. The zero-order valence-electron chi connectivity index (χ0n) is 22.6. The SMILES string of the molecule is Cc1cc(C#N)ccc1C(=O)Nc1cc(C(=O)Nc2c(C#N)cc(C(F)(C(F)(F)F)C(F)(F)C(F)(F)F)cc2C#N)ccc1C#N. The highest BCUT2D eigenvalue weighted by Gasteiger charge is 2.81. The first-order valence-electron chi connectivity index (χ1n) is 12.1. The standard InChI is InChI=1S/C29H13F9N6O2/c1-14-6-15(10-39)2-5-21(14)25(46)43-22-9-16(3-4-17(22)11-40)24(45)44-23-18(12-41)7-20(8-19(23)13-42)26(30,28(33,34)35)27(31,32)29(36,37)38/h2-9H,1H3,(H,43,46)(H,44,45). The number of nitrogens with zero attached hydrogens (tertiary/aromatic N) is 4. The van der Waals surface area contributed by atoms with Crippen molar-refractivity contribution in [1.29, 1.82) is 21.0 Å². The summed E-state index contributed by atoms with van der Waals surface area (Å²) in [5, 5.41) is 41.6. The lowest BCUT2D eigenvalue weighted by Gasteiger charge is -2.36. The lowest BCUT2D eigenvalue weighted by atomic mass is 9.85. The number of nitrogens with one attached hydrogen (secondary N) is 2. The Morgan fingerprint density at radius 1 is 0.652 bits per heavy atom. The van der Waals surface area contributed by atoms with Crippen molar-refractivity contribution in [3.8, 4) is 24.3 Å².